The molecule has 0 N–H and O–H groups in total. The van der Waals surface area contributed by atoms with Gasteiger partial charge in [-0.25, -0.2) is 0 Å². The summed E-state index contributed by atoms with van der Waals surface area (Å²) in [5, 5.41) is 0. The summed E-state index contributed by atoms with van der Waals surface area (Å²) in [6.45, 7) is 20.4. The molecule has 2 aromatic rings. The normalized spacial score (nSPS) is 20.3. The summed E-state index contributed by atoms with van der Waals surface area (Å²) in [6.07, 6.45) is 24.9. The van der Waals surface area contributed by atoms with Crippen molar-refractivity contribution in [1.82, 2.24) is 4.98 Å². The van der Waals surface area contributed by atoms with E-state index in [1.807, 2.05) is 43.0 Å². The van der Waals surface area contributed by atoms with Crippen LogP contribution in [0.2, 0.25) is 0 Å². The third-order valence-corrected chi connectivity index (χ3v) is 10.7. The van der Waals surface area contributed by atoms with Gasteiger partial charge >= 0.3 is 0 Å². The van der Waals surface area contributed by atoms with E-state index in [4.69, 9.17) is 0 Å². The lowest BCUT2D eigenvalue weighted by Gasteiger charge is -2.40. The Bertz CT molecular complexity index is 2220. The number of rotatable bonds is 6. The maximum Gasteiger partial charge on any atom is 0.238 e. The third-order valence-electron chi connectivity index (χ3n) is 10.7. The molecule has 0 bridgehead atoms. The maximum absolute atomic E-state index is 4.57. The molecule has 0 spiro atoms. The van der Waals surface area contributed by atoms with Crippen LogP contribution in [0.5, 0.6) is 0 Å². The fourth-order valence-corrected chi connectivity index (χ4v) is 8.17. The first-order valence-electron chi connectivity index (χ1n) is 17.1. The number of benzene rings is 1. The van der Waals surface area contributed by atoms with E-state index in [0.29, 0.717) is 0 Å². The minimum absolute atomic E-state index is 0.0220. The Morgan fingerprint density at radius 2 is 1.73 bits per heavy atom. The van der Waals surface area contributed by atoms with Crippen molar-refractivity contribution < 1.29 is 0 Å². The molecule has 0 radical (unpaired) electrons. The Kier molecular flexibility index (Phi) is 9.42. The van der Waals surface area contributed by atoms with Gasteiger partial charge in [0.2, 0.25) is 6.71 Å². The quantitative estimate of drug-likeness (QED) is 0.229. The number of aryl methyl sites for hydroxylation is 2. The molecular formula is C45H44BN3. The topological polar surface area (TPSA) is 37.6 Å². The Balaban J connectivity index is 1.69. The van der Waals surface area contributed by atoms with Gasteiger partial charge in [-0.3, -0.25) is 15.0 Å². The molecule has 0 fully saturated rings. The molecule has 0 amide bonds. The Hall–Kier alpha value is -5.23. The average Bonchev–Trinajstić information content (AvgIpc) is 3.55. The van der Waals surface area contributed by atoms with E-state index in [2.05, 4.69) is 131 Å². The summed E-state index contributed by atoms with van der Waals surface area (Å²) >= 11 is 0. The molecule has 2 aliphatic heterocycles. The van der Waals surface area contributed by atoms with Crippen LogP contribution in [-0.2, 0) is 0 Å². The van der Waals surface area contributed by atoms with Crippen LogP contribution < -0.4 is 5.46 Å². The predicted octanol–water partition coefficient (Wildman–Crippen LogP) is 10.2. The van der Waals surface area contributed by atoms with E-state index in [1.165, 1.54) is 72.1 Å². The first kappa shape index (κ1) is 33.7. The fourth-order valence-electron chi connectivity index (χ4n) is 8.17. The summed E-state index contributed by atoms with van der Waals surface area (Å²) < 4.78 is 0. The monoisotopic (exact) mass is 637 g/mol. The molecule has 4 aliphatic rings. The van der Waals surface area contributed by atoms with E-state index in [-0.39, 0.29) is 12.1 Å². The standard InChI is InChI=1S/C45H44BN3/c1-29-17-18-30(2)43(35(7)41(29)38-15-13-22-48-27-38)46(40-26-45(9,34(6)25-31(40)3)39-16-10-11-20-49-28-39)44-33(5)24-32(4)42(36(44)8)37-14-12-21-47-23-19-37/h10,12-16,18,20-25,27-28H,26H2,1-9H3. The number of hydrogen-bond donors (Lipinski definition) is 0. The number of hydrogen-bond acceptors (Lipinski definition) is 3. The minimum Gasteiger partial charge on any atom is -0.264 e. The van der Waals surface area contributed by atoms with Crippen molar-refractivity contribution in [2.75, 3.05) is 0 Å². The smallest absolute Gasteiger partial charge is 0.238 e. The van der Waals surface area contributed by atoms with E-state index in [9.17, 15) is 0 Å². The van der Waals surface area contributed by atoms with Gasteiger partial charge in [-0.1, -0.05) is 64.0 Å². The summed E-state index contributed by atoms with van der Waals surface area (Å²) in [6, 6.07) is 6.55. The van der Waals surface area contributed by atoms with E-state index < -0.39 is 0 Å². The number of aromatic nitrogens is 1. The van der Waals surface area contributed by atoms with Crippen molar-refractivity contribution in [3.8, 4) is 0 Å². The number of allylic oxidation sites excluding steroid dienone is 15. The van der Waals surface area contributed by atoms with E-state index in [0.717, 1.165) is 23.1 Å². The highest BCUT2D eigenvalue weighted by atomic mass is 14.7. The van der Waals surface area contributed by atoms with Crippen LogP contribution in [0.15, 0.2) is 151 Å². The van der Waals surface area contributed by atoms with Crippen LogP contribution in [0.4, 0.5) is 0 Å². The zero-order chi connectivity index (χ0) is 34.9. The first-order valence-corrected chi connectivity index (χ1v) is 17.1. The van der Waals surface area contributed by atoms with Crippen LogP contribution in [0.1, 0.15) is 75.8 Å². The van der Waals surface area contributed by atoms with Crippen LogP contribution in [0, 0.1) is 26.2 Å². The zero-order valence-corrected chi connectivity index (χ0v) is 30.3. The van der Waals surface area contributed by atoms with Crippen molar-refractivity contribution >= 4 is 35.8 Å². The van der Waals surface area contributed by atoms with Gasteiger partial charge in [0.1, 0.15) is 0 Å². The Morgan fingerprint density at radius 3 is 2.51 bits per heavy atom. The lowest BCUT2D eigenvalue weighted by molar-refractivity contribution is 0.492. The van der Waals surface area contributed by atoms with Gasteiger partial charge in [-0.15, -0.1) is 11.5 Å². The second-order valence-corrected chi connectivity index (χ2v) is 13.9. The van der Waals surface area contributed by atoms with Crippen molar-refractivity contribution in [3.63, 3.8) is 0 Å². The first-order chi connectivity index (χ1) is 23.5. The van der Waals surface area contributed by atoms with Gasteiger partial charge in [0.15, 0.2) is 0 Å². The summed E-state index contributed by atoms with van der Waals surface area (Å²) in [7, 11) is 0. The molecule has 0 saturated carbocycles. The summed E-state index contributed by atoms with van der Waals surface area (Å²) in [5.74, 6) is 0. The lowest BCUT2D eigenvalue weighted by Crippen LogP contribution is -2.43. The van der Waals surface area contributed by atoms with Gasteiger partial charge in [0.05, 0.1) is 12.4 Å². The molecule has 1 aromatic heterocycles. The van der Waals surface area contributed by atoms with Gasteiger partial charge in [0, 0.05) is 41.4 Å². The van der Waals surface area contributed by atoms with Gasteiger partial charge in [-0.2, -0.15) is 0 Å². The lowest BCUT2D eigenvalue weighted by atomic mass is 9.30. The largest absolute Gasteiger partial charge is 0.264 e. The molecule has 1 unspecified atom stereocenters. The fraction of sp³-hybridized carbons (Fsp3) is 0.244. The molecule has 0 saturated heterocycles. The average molecular weight is 638 g/mol. The molecule has 4 heteroatoms. The van der Waals surface area contributed by atoms with Crippen molar-refractivity contribution in [1.29, 1.82) is 0 Å². The molecule has 3 nitrogen and oxygen atoms in total. The predicted molar refractivity (Wildman–Crippen MR) is 210 cm³/mol. The van der Waals surface area contributed by atoms with Gasteiger partial charge in [0.25, 0.3) is 0 Å². The number of nitrogens with zero attached hydrogens (tertiary/aromatic N) is 3. The van der Waals surface area contributed by atoms with Crippen molar-refractivity contribution in [2.45, 2.75) is 68.7 Å². The van der Waals surface area contributed by atoms with Crippen LogP contribution in [0.3, 0.4) is 0 Å². The molecular weight excluding hydrogens is 593 g/mol. The molecule has 6 rings (SSSR count). The maximum atomic E-state index is 4.57. The summed E-state index contributed by atoms with van der Waals surface area (Å²) in [4.78, 5) is 13.4. The molecule has 1 atom stereocenters. The van der Waals surface area contributed by atoms with Crippen molar-refractivity contribution in [3.05, 3.63) is 169 Å². The van der Waals surface area contributed by atoms with Crippen LogP contribution in [-0.4, -0.2) is 24.1 Å². The third kappa shape index (κ3) is 6.24. The van der Waals surface area contributed by atoms with Crippen LogP contribution in [0.25, 0.3) is 11.1 Å². The molecule has 3 heterocycles. The highest BCUT2D eigenvalue weighted by molar-refractivity contribution is 6.87. The Morgan fingerprint density at radius 1 is 0.918 bits per heavy atom. The molecule has 242 valence electrons. The van der Waals surface area contributed by atoms with Gasteiger partial charge < -0.3 is 0 Å². The second kappa shape index (κ2) is 13.7. The second-order valence-electron chi connectivity index (χ2n) is 13.9. The van der Waals surface area contributed by atoms with E-state index in [1.54, 1.807) is 12.4 Å². The Labute approximate surface area is 292 Å². The molecule has 1 aromatic carbocycles. The van der Waals surface area contributed by atoms with E-state index >= 15 is 0 Å². The van der Waals surface area contributed by atoms with Crippen LogP contribution >= 0.6 is 0 Å². The summed E-state index contributed by atoms with van der Waals surface area (Å²) in [5.41, 5.74) is 29.9. The zero-order valence-electron chi connectivity index (χ0n) is 30.3. The van der Waals surface area contributed by atoms with Gasteiger partial charge in [-0.05, 0) is 143 Å². The SMILES string of the molecule is CC1=C=CC(C)=C(B(C2=C(C)C=C(C)C(C)(C3=CC=C=CN=C3)C2)c2c(C)cc(C)c(C3=C=CN=CC=C3)c2C)C(C)=C1c1cccnc1. The highest BCUT2D eigenvalue weighted by Crippen LogP contribution is 2.48. The van der Waals surface area contributed by atoms with Crippen molar-refractivity contribution in [2.24, 2.45) is 15.4 Å². The molecule has 2 aliphatic carbocycles. The highest BCUT2D eigenvalue weighted by Gasteiger charge is 2.41. The molecule has 49 heavy (non-hydrogen) atoms. The number of pyridine rings is 1. The number of aliphatic imine (C=N–C) groups is 2. The minimum atomic E-state index is -0.248.